The number of nitrogens with two attached hydrogens (primary N) is 1. The molecule has 0 unspecified atom stereocenters. The van der Waals surface area contributed by atoms with Crippen molar-refractivity contribution in [1.82, 2.24) is 0 Å². The molecule has 0 atom stereocenters. The second kappa shape index (κ2) is 7.02. The molecule has 4 aromatic rings. The number of quaternary nitrogens is 1. The lowest BCUT2D eigenvalue weighted by Crippen LogP contribution is -2.80. The SMILES string of the molecule is COc1cccc(C[NH2+]Cc2cc(=O)oc3ccc4ccccc4c23)c1. The largest absolute Gasteiger partial charge is 0.497 e. The van der Waals surface area contributed by atoms with Gasteiger partial charge in [-0.3, -0.25) is 0 Å². The van der Waals surface area contributed by atoms with Crippen LogP contribution in [0.25, 0.3) is 21.7 Å². The number of methoxy groups -OCH3 is 1. The maximum absolute atomic E-state index is 12.0. The zero-order chi connectivity index (χ0) is 17.9. The molecule has 0 radical (unpaired) electrons. The van der Waals surface area contributed by atoms with Crippen LogP contribution in [-0.2, 0) is 13.1 Å². The normalized spacial score (nSPS) is 11.1. The average molecular weight is 346 g/mol. The van der Waals surface area contributed by atoms with Gasteiger partial charge in [-0.15, -0.1) is 0 Å². The molecule has 0 amide bonds. The smallest absolute Gasteiger partial charge is 0.336 e. The van der Waals surface area contributed by atoms with Crippen LogP contribution in [0, 0.1) is 0 Å². The summed E-state index contributed by atoms with van der Waals surface area (Å²) >= 11 is 0. The van der Waals surface area contributed by atoms with E-state index >= 15 is 0 Å². The van der Waals surface area contributed by atoms with Crippen molar-refractivity contribution in [2.75, 3.05) is 7.11 Å². The quantitative estimate of drug-likeness (QED) is 0.446. The van der Waals surface area contributed by atoms with Crippen LogP contribution in [0.4, 0.5) is 0 Å². The van der Waals surface area contributed by atoms with Crippen LogP contribution >= 0.6 is 0 Å². The fourth-order valence-electron chi connectivity index (χ4n) is 3.37. The minimum atomic E-state index is -0.308. The summed E-state index contributed by atoms with van der Waals surface area (Å²) in [7, 11) is 1.67. The van der Waals surface area contributed by atoms with Gasteiger partial charge in [-0.2, -0.15) is 0 Å². The van der Waals surface area contributed by atoms with Crippen molar-refractivity contribution in [2.24, 2.45) is 0 Å². The van der Waals surface area contributed by atoms with Gasteiger partial charge in [-0.05, 0) is 29.0 Å². The summed E-state index contributed by atoms with van der Waals surface area (Å²) in [6.45, 7) is 1.51. The summed E-state index contributed by atoms with van der Waals surface area (Å²) in [6.07, 6.45) is 0. The highest BCUT2D eigenvalue weighted by Crippen LogP contribution is 2.26. The lowest BCUT2D eigenvalue weighted by atomic mass is 10.0. The van der Waals surface area contributed by atoms with Crippen LogP contribution < -0.4 is 15.7 Å². The van der Waals surface area contributed by atoms with E-state index in [1.165, 1.54) is 5.56 Å². The Morgan fingerprint density at radius 3 is 2.73 bits per heavy atom. The summed E-state index contributed by atoms with van der Waals surface area (Å²) in [4.78, 5) is 12.0. The van der Waals surface area contributed by atoms with Gasteiger partial charge in [0.1, 0.15) is 24.4 Å². The maximum Gasteiger partial charge on any atom is 0.336 e. The Bertz CT molecular complexity index is 1130. The summed E-state index contributed by atoms with van der Waals surface area (Å²) in [5.74, 6) is 0.854. The number of rotatable bonds is 5. The van der Waals surface area contributed by atoms with E-state index in [9.17, 15) is 4.79 Å². The topological polar surface area (TPSA) is 56.0 Å². The van der Waals surface area contributed by atoms with Crippen molar-refractivity contribution in [2.45, 2.75) is 13.1 Å². The Morgan fingerprint density at radius 2 is 1.85 bits per heavy atom. The van der Waals surface area contributed by atoms with E-state index < -0.39 is 0 Å². The van der Waals surface area contributed by atoms with Gasteiger partial charge in [0.15, 0.2) is 0 Å². The number of hydrogen-bond donors (Lipinski definition) is 1. The molecule has 1 aromatic heterocycles. The first-order valence-corrected chi connectivity index (χ1v) is 8.64. The number of hydrogen-bond acceptors (Lipinski definition) is 3. The van der Waals surface area contributed by atoms with Crippen molar-refractivity contribution >= 4 is 21.7 Å². The van der Waals surface area contributed by atoms with E-state index in [0.717, 1.165) is 34.0 Å². The van der Waals surface area contributed by atoms with Gasteiger partial charge in [0.05, 0.1) is 7.11 Å². The third-order valence-corrected chi connectivity index (χ3v) is 4.59. The van der Waals surface area contributed by atoms with E-state index in [1.54, 1.807) is 13.2 Å². The van der Waals surface area contributed by atoms with E-state index in [4.69, 9.17) is 9.15 Å². The summed E-state index contributed by atoms with van der Waals surface area (Å²) in [6, 6.07) is 21.7. The molecule has 0 saturated heterocycles. The summed E-state index contributed by atoms with van der Waals surface area (Å²) in [5.41, 5.74) is 2.51. The van der Waals surface area contributed by atoms with Gasteiger partial charge < -0.3 is 14.5 Å². The number of fused-ring (bicyclic) bond motifs is 3. The summed E-state index contributed by atoms with van der Waals surface area (Å²) in [5, 5.41) is 5.45. The zero-order valence-corrected chi connectivity index (χ0v) is 14.6. The van der Waals surface area contributed by atoms with Crippen molar-refractivity contribution in [3.05, 3.63) is 88.3 Å². The van der Waals surface area contributed by atoms with Crippen LogP contribution in [0.5, 0.6) is 5.75 Å². The molecule has 0 aliphatic rings. The molecular formula is C22H20NO3+. The van der Waals surface area contributed by atoms with Crippen molar-refractivity contribution in [3.8, 4) is 5.75 Å². The van der Waals surface area contributed by atoms with Gasteiger partial charge in [-0.1, -0.05) is 42.5 Å². The van der Waals surface area contributed by atoms with E-state index in [-0.39, 0.29) is 5.63 Å². The third-order valence-electron chi connectivity index (χ3n) is 4.59. The Morgan fingerprint density at radius 1 is 0.962 bits per heavy atom. The minimum absolute atomic E-state index is 0.308. The van der Waals surface area contributed by atoms with Crippen LogP contribution in [-0.4, -0.2) is 7.11 Å². The van der Waals surface area contributed by atoms with Gasteiger partial charge in [0.25, 0.3) is 0 Å². The highest BCUT2D eigenvalue weighted by molar-refractivity contribution is 6.06. The van der Waals surface area contributed by atoms with Gasteiger partial charge >= 0.3 is 5.63 Å². The first-order chi connectivity index (χ1) is 12.7. The molecule has 1 heterocycles. The van der Waals surface area contributed by atoms with Gasteiger partial charge in [0, 0.05) is 22.6 Å². The summed E-state index contributed by atoms with van der Waals surface area (Å²) < 4.78 is 10.7. The van der Waals surface area contributed by atoms with E-state index in [2.05, 4.69) is 23.5 Å². The molecule has 0 fully saturated rings. The fraction of sp³-hybridized carbons (Fsp3) is 0.136. The fourth-order valence-corrected chi connectivity index (χ4v) is 3.37. The second-order valence-corrected chi connectivity index (χ2v) is 6.30. The second-order valence-electron chi connectivity index (χ2n) is 6.30. The molecule has 0 saturated carbocycles. The van der Waals surface area contributed by atoms with Crippen LogP contribution in [0.1, 0.15) is 11.1 Å². The Labute approximate surface area is 151 Å². The predicted molar refractivity (Wildman–Crippen MR) is 102 cm³/mol. The molecule has 0 aliphatic carbocycles. The lowest BCUT2D eigenvalue weighted by Gasteiger charge is -2.09. The van der Waals surface area contributed by atoms with Crippen LogP contribution in [0.2, 0.25) is 0 Å². The standard InChI is InChI=1S/C22H19NO3/c1-25-18-7-4-5-15(11-18)13-23-14-17-12-21(24)26-20-10-9-16-6-2-3-8-19(16)22(17)20/h2-12,23H,13-14H2,1H3/p+1. The maximum atomic E-state index is 12.0. The number of benzene rings is 3. The van der Waals surface area contributed by atoms with Crippen molar-refractivity contribution < 1.29 is 14.5 Å². The molecule has 0 bridgehead atoms. The molecule has 3 aromatic carbocycles. The molecule has 130 valence electrons. The first-order valence-electron chi connectivity index (χ1n) is 8.64. The molecule has 26 heavy (non-hydrogen) atoms. The average Bonchev–Trinajstić information content (AvgIpc) is 2.67. The van der Waals surface area contributed by atoms with Gasteiger partial charge in [0.2, 0.25) is 0 Å². The molecule has 4 rings (SSSR count). The van der Waals surface area contributed by atoms with Crippen LogP contribution in [0.15, 0.2) is 75.9 Å². The van der Waals surface area contributed by atoms with Crippen molar-refractivity contribution in [3.63, 3.8) is 0 Å². The Balaban J connectivity index is 1.67. The van der Waals surface area contributed by atoms with Gasteiger partial charge in [-0.25, -0.2) is 4.79 Å². The van der Waals surface area contributed by atoms with E-state index in [0.29, 0.717) is 12.1 Å². The minimum Gasteiger partial charge on any atom is -0.497 e. The molecule has 2 N–H and O–H groups in total. The lowest BCUT2D eigenvalue weighted by molar-refractivity contribution is -0.686. The third kappa shape index (κ3) is 3.19. The van der Waals surface area contributed by atoms with Crippen molar-refractivity contribution in [1.29, 1.82) is 0 Å². The molecule has 4 nitrogen and oxygen atoms in total. The van der Waals surface area contributed by atoms with E-state index in [1.807, 2.05) is 42.5 Å². The zero-order valence-electron chi connectivity index (χ0n) is 14.6. The molecule has 0 spiro atoms. The first kappa shape index (κ1) is 16.4. The highest BCUT2D eigenvalue weighted by Gasteiger charge is 2.11. The Kier molecular flexibility index (Phi) is 4.42. The number of ether oxygens (including phenoxy) is 1. The Hall–Kier alpha value is -3.11. The monoisotopic (exact) mass is 346 g/mol. The molecule has 4 heteroatoms. The predicted octanol–water partition coefficient (Wildman–Crippen LogP) is 3.22. The molecule has 0 aliphatic heterocycles. The molecular weight excluding hydrogens is 326 g/mol. The van der Waals surface area contributed by atoms with Crippen LogP contribution in [0.3, 0.4) is 0 Å². The highest BCUT2D eigenvalue weighted by atomic mass is 16.5.